The van der Waals surface area contributed by atoms with E-state index in [1.165, 1.54) is 0 Å². The molecule has 2 heterocycles. The quantitative estimate of drug-likeness (QED) is 0.829. The number of fused-ring (bicyclic) bond motifs is 2. The maximum absolute atomic E-state index is 12.5. The molecule has 1 aromatic carbocycles. The number of rotatable bonds is 4. The first-order valence-corrected chi connectivity index (χ1v) is 7.07. The Kier molecular flexibility index (Phi) is 3.51. The van der Waals surface area contributed by atoms with E-state index in [4.69, 9.17) is 4.74 Å². The van der Waals surface area contributed by atoms with Gasteiger partial charge < -0.3 is 15.2 Å². The normalized spacial score (nSPS) is 29.6. The van der Waals surface area contributed by atoms with Crippen LogP contribution in [-0.4, -0.2) is 29.2 Å². The summed E-state index contributed by atoms with van der Waals surface area (Å²) >= 11 is 0. The number of para-hydroxylation sites is 1. The summed E-state index contributed by atoms with van der Waals surface area (Å²) in [6.45, 7) is 2.01. The van der Waals surface area contributed by atoms with E-state index >= 15 is 0 Å². The van der Waals surface area contributed by atoms with Crippen molar-refractivity contribution >= 4 is 17.6 Å². The fourth-order valence-corrected chi connectivity index (χ4v) is 3.08. The molecular formula is C16H17NO4. The molecule has 0 saturated carbocycles. The fourth-order valence-electron chi connectivity index (χ4n) is 3.08. The summed E-state index contributed by atoms with van der Waals surface area (Å²) < 4.78 is 5.52. The molecule has 21 heavy (non-hydrogen) atoms. The molecule has 1 saturated heterocycles. The van der Waals surface area contributed by atoms with E-state index in [0.29, 0.717) is 0 Å². The second kappa shape index (κ2) is 5.33. The van der Waals surface area contributed by atoms with Crippen molar-refractivity contribution in [1.29, 1.82) is 0 Å². The maximum atomic E-state index is 12.5. The highest BCUT2D eigenvalue weighted by molar-refractivity contribution is 5.97. The molecule has 4 atom stereocenters. The maximum Gasteiger partial charge on any atom is 0.310 e. The van der Waals surface area contributed by atoms with Gasteiger partial charge in [0.1, 0.15) is 5.92 Å². The molecule has 3 rings (SSSR count). The molecule has 0 spiro atoms. The Morgan fingerprint density at radius 1 is 1.19 bits per heavy atom. The molecule has 5 heteroatoms. The topological polar surface area (TPSA) is 75.6 Å². The van der Waals surface area contributed by atoms with Gasteiger partial charge in [-0.2, -0.15) is 0 Å². The average Bonchev–Trinajstić information content (AvgIpc) is 3.08. The zero-order chi connectivity index (χ0) is 15.0. The number of carbonyl (C=O) groups is 2. The summed E-state index contributed by atoms with van der Waals surface area (Å²) in [5.41, 5.74) is 1.76. The van der Waals surface area contributed by atoms with Gasteiger partial charge in [0.05, 0.1) is 18.1 Å². The van der Waals surface area contributed by atoms with E-state index in [1.54, 1.807) is 12.2 Å². The van der Waals surface area contributed by atoms with Crippen LogP contribution in [0, 0.1) is 11.8 Å². The van der Waals surface area contributed by atoms with E-state index in [1.807, 2.05) is 31.2 Å². The number of hydrogen-bond donors (Lipinski definition) is 2. The Hall–Kier alpha value is -2.14. The standard InChI is InChI=1S/C16H17NO4/c1-2-9-5-3-4-6-10(9)17-15(18)13-11-7-8-12(21-11)14(13)16(19)20/h3-8,11-14H,2H2,1H3,(H,17,18)(H,19,20)/t11-,12+,13-,14+/m1/s1. The molecule has 0 aliphatic carbocycles. The van der Waals surface area contributed by atoms with E-state index < -0.39 is 30.0 Å². The highest BCUT2D eigenvalue weighted by Gasteiger charge is 2.53. The van der Waals surface area contributed by atoms with E-state index in [-0.39, 0.29) is 5.91 Å². The SMILES string of the molecule is CCc1ccccc1NC(=O)[C@H]1[C@@H](C(=O)O)[C@@H]2C=C[C@H]1O2. The molecular weight excluding hydrogens is 270 g/mol. The minimum Gasteiger partial charge on any atom is -0.481 e. The van der Waals surface area contributed by atoms with Crippen molar-refractivity contribution in [3.05, 3.63) is 42.0 Å². The lowest BCUT2D eigenvalue weighted by molar-refractivity contribution is -0.145. The molecule has 110 valence electrons. The molecule has 2 aliphatic rings. The van der Waals surface area contributed by atoms with Gasteiger partial charge in [-0.25, -0.2) is 0 Å². The zero-order valence-corrected chi connectivity index (χ0v) is 11.7. The number of aliphatic carboxylic acids is 1. The Bertz CT molecular complexity index is 610. The van der Waals surface area contributed by atoms with Gasteiger partial charge in [0, 0.05) is 5.69 Å². The number of benzene rings is 1. The second-order valence-corrected chi connectivity index (χ2v) is 5.34. The highest BCUT2D eigenvalue weighted by atomic mass is 16.5. The molecule has 2 aliphatic heterocycles. The van der Waals surface area contributed by atoms with Crippen molar-refractivity contribution in [2.75, 3.05) is 5.32 Å². The van der Waals surface area contributed by atoms with Crippen molar-refractivity contribution in [3.63, 3.8) is 0 Å². The minimum absolute atomic E-state index is 0.292. The number of ether oxygens (including phenoxy) is 1. The molecule has 2 N–H and O–H groups in total. The van der Waals surface area contributed by atoms with Crippen LogP contribution in [0.5, 0.6) is 0 Å². The van der Waals surface area contributed by atoms with Crippen LogP contribution in [0.4, 0.5) is 5.69 Å². The molecule has 1 amide bonds. The van der Waals surface area contributed by atoms with E-state index in [0.717, 1.165) is 17.7 Å². The summed E-state index contributed by atoms with van der Waals surface area (Å²) in [6, 6.07) is 7.54. The fraction of sp³-hybridized carbons (Fsp3) is 0.375. The lowest BCUT2D eigenvalue weighted by atomic mass is 9.82. The van der Waals surface area contributed by atoms with Gasteiger partial charge in [0.15, 0.2) is 0 Å². The minimum atomic E-state index is -0.990. The third-order valence-electron chi connectivity index (χ3n) is 4.14. The van der Waals surface area contributed by atoms with E-state index in [9.17, 15) is 14.7 Å². The van der Waals surface area contributed by atoms with Crippen LogP contribution >= 0.6 is 0 Å². The first kappa shape index (κ1) is 13.8. The van der Waals surface area contributed by atoms with Crippen molar-refractivity contribution in [1.82, 2.24) is 0 Å². The van der Waals surface area contributed by atoms with Crippen LogP contribution in [0.1, 0.15) is 12.5 Å². The summed E-state index contributed by atoms with van der Waals surface area (Å²) in [5.74, 6) is -2.77. The number of aryl methyl sites for hydroxylation is 1. The van der Waals surface area contributed by atoms with Gasteiger partial charge in [0.2, 0.25) is 5.91 Å². The Labute approximate surface area is 122 Å². The molecule has 0 unspecified atom stereocenters. The van der Waals surface area contributed by atoms with Crippen molar-refractivity contribution < 1.29 is 19.4 Å². The summed E-state index contributed by atoms with van der Waals surface area (Å²) in [4.78, 5) is 23.9. The second-order valence-electron chi connectivity index (χ2n) is 5.34. The summed E-state index contributed by atoms with van der Waals surface area (Å²) in [6.07, 6.45) is 3.37. The Morgan fingerprint density at radius 3 is 2.52 bits per heavy atom. The summed E-state index contributed by atoms with van der Waals surface area (Å²) in [5, 5.41) is 12.2. The first-order chi connectivity index (χ1) is 10.1. The predicted octanol–water partition coefficient (Wildman–Crippen LogP) is 1.84. The third kappa shape index (κ3) is 2.34. The van der Waals surface area contributed by atoms with Crippen molar-refractivity contribution in [2.24, 2.45) is 11.8 Å². The third-order valence-corrected chi connectivity index (χ3v) is 4.14. The monoisotopic (exact) mass is 287 g/mol. The average molecular weight is 287 g/mol. The molecule has 5 nitrogen and oxygen atoms in total. The molecule has 0 aromatic heterocycles. The largest absolute Gasteiger partial charge is 0.481 e. The smallest absolute Gasteiger partial charge is 0.310 e. The highest BCUT2D eigenvalue weighted by Crippen LogP contribution is 2.40. The number of amides is 1. The number of carbonyl (C=O) groups excluding carboxylic acids is 1. The number of carboxylic acids is 1. The Morgan fingerprint density at radius 2 is 1.86 bits per heavy atom. The first-order valence-electron chi connectivity index (χ1n) is 7.07. The summed E-state index contributed by atoms with van der Waals surface area (Å²) in [7, 11) is 0. The van der Waals surface area contributed by atoms with Crippen LogP contribution in [0.25, 0.3) is 0 Å². The molecule has 2 bridgehead atoms. The number of nitrogens with one attached hydrogen (secondary N) is 1. The molecule has 0 radical (unpaired) electrons. The van der Waals surface area contributed by atoms with Gasteiger partial charge in [0.25, 0.3) is 0 Å². The van der Waals surface area contributed by atoms with Gasteiger partial charge in [-0.3, -0.25) is 9.59 Å². The molecule has 1 aromatic rings. The van der Waals surface area contributed by atoms with Crippen molar-refractivity contribution in [2.45, 2.75) is 25.6 Å². The lowest BCUT2D eigenvalue weighted by Crippen LogP contribution is -2.39. The number of hydrogen-bond acceptors (Lipinski definition) is 3. The van der Waals surface area contributed by atoms with Crippen LogP contribution in [-0.2, 0) is 20.7 Å². The van der Waals surface area contributed by atoms with Gasteiger partial charge in [-0.15, -0.1) is 0 Å². The number of anilines is 1. The predicted molar refractivity (Wildman–Crippen MR) is 76.9 cm³/mol. The van der Waals surface area contributed by atoms with Crippen molar-refractivity contribution in [3.8, 4) is 0 Å². The van der Waals surface area contributed by atoms with Gasteiger partial charge >= 0.3 is 5.97 Å². The number of carboxylic acid groups (broad SMARTS) is 1. The van der Waals surface area contributed by atoms with Crippen LogP contribution in [0.3, 0.4) is 0 Å². The molecule has 1 fully saturated rings. The lowest BCUT2D eigenvalue weighted by Gasteiger charge is -2.21. The van der Waals surface area contributed by atoms with Crippen LogP contribution < -0.4 is 5.32 Å². The Balaban J connectivity index is 1.82. The zero-order valence-electron chi connectivity index (χ0n) is 11.7. The van der Waals surface area contributed by atoms with E-state index in [2.05, 4.69) is 5.32 Å². The van der Waals surface area contributed by atoms with Gasteiger partial charge in [-0.05, 0) is 18.1 Å². The van der Waals surface area contributed by atoms with Gasteiger partial charge in [-0.1, -0.05) is 37.3 Å². The van der Waals surface area contributed by atoms with Crippen LogP contribution in [0.15, 0.2) is 36.4 Å². The van der Waals surface area contributed by atoms with Crippen LogP contribution in [0.2, 0.25) is 0 Å².